The first-order chi connectivity index (χ1) is 9.66. The average molecular weight is 262 g/mol. The smallest absolute Gasteiger partial charge is 0.199 e. The molecule has 2 heterocycles. The lowest BCUT2D eigenvalue weighted by Gasteiger charge is -2.22. The van der Waals surface area contributed by atoms with Crippen molar-refractivity contribution in [1.29, 1.82) is 0 Å². The summed E-state index contributed by atoms with van der Waals surface area (Å²) in [6, 6.07) is 14.2. The Bertz CT molecular complexity index is 761. The van der Waals surface area contributed by atoms with E-state index in [1.165, 1.54) is 22.2 Å². The third-order valence-corrected chi connectivity index (χ3v) is 3.85. The lowest BCUT2D eigenvalue weighted by atomic mass is 10.0. The highest BCUT2D eigenvalue weighted by Crippen LogP contribution is 2.33. The van der Waals surface area contributed by atoms with E-state index in [4.69, 9.17) is 5.32 Å². The van der Waals surface area contributed by atoms with E-state index < -0.39 is 0 Å². The molecule has 0 bridgehead atoms. The number of hydrogen-bond acceptors (Lipinski definition) is 0. The Morgan fingerprint density at radius 2 is 1.60 bits per heavy atom. The van der Waals surface area contributed by atoms with Crippen LogP contribution in [-0.4, -0.2) is 0 Å². The van der Waals surface area contributed by atoms with E-state index in [1.807, 2.05) is 36.4 Å². The second-order valence-electron chi connectivity index (χ2n) is 5.16. The van der Waals surface area contributed by atoms with Gasteiger partial charge in [-0.15, -0.1) is 5.69 Å². The third-order valence-electron chi connectivity index (χ3n) is 3.85. The van der Waals surface area contributed by atoms with Crippen molar-refractivity contribution in [1.82, 2.24) is 0 Å². The van der Waals surface area contributed by atoms with Gasteiger partial charge in [0, 0.05) is 17.2 Å². The van der Waals surface area contributed by atoms with Gasteiger partial charge in [-0.3, -0.25) is 0 Å². The summed E-state index contributed by atoms with van der Waals surface area (Å²) in [5.41, 5.74) is 7.11. The van der Waals surface area contributed by atoms with Crippen molar-refractivity contribution >= 4 is 16.9 Å². The van der Waals surface area contributed by atoms with Crippen LogP contribution in [0.15, 0.2) is 54.9 Å². The highest BCUT2D eigenvalue weighted by Gasteiger charge is 2.11. The molecule has 0 spiro atoms. The van der Waals surface area contributed by atoms with Crippen LogP contribution >= 0.6 is 0 Å². The first kappa shape index (κ1) is 12.7. The minimum Gasteiger partial charge on any atom is -0.652 e. The fourth-order valence-corrected chi connectivity index (χ4v) is 2.52. The molecule has 3 aromatic rings. The van der Waals surface area contributed by atoms with Gasteiger partial charge in [-0.25, -0.2) is 0 Å². The van der Waals surface area contributed by atoms with Gasteiger partial charge in [-0.1, -0.05) is 42.1 Å². The van der Waals surface area contributed by atoms with E-state index in [0.717, 1.165) is 11.4 Å². The minimum absolute atomic E-state index is 0.984. The number of pyridine rings is 2. The first-order valence-electron chi connectivity index (χ1n) is 6.84. The SMILES string of the molecule is Cc1c[n+]2cccc([N-]c3ccccc3)c2c(C)c1C. The van der Waals surface area contributed by atoms with Crippen molar-refractivity contribution in [3.05, 3.63) is 76.9 Å². The quantitative estimate of drug-likeness (QED) is 0.597. The van der Waals surface area contributed by atoms with E-state index in [2.05, 4.69) is 43.6 Å². The first-order valence-corrected chi connectivity index (χ1v) is 6.84. The number of nitrogens with zero attached hydrogens (tertiary/aromatic N) is 2. The van der Waals surface area contributed by atoms with Gasteiger partial charge < -0.3 is 5.32 Å². The molecule has 2 aromatic heterocycles. The van der Waals surface area contributed by atoms with Crippen LogP contribution in [0.5, 0.6) is 0 Å². The highest BCUT2D eigenvalue weighted by atomic mass is 14.9. The molecule has 0 atom stereocenters. The maximum Gasteiger partial charge on any atom is 0.199 e. The zero-order chi connectivity index (χ0) is 14.1. The minimum atomic E-state index is 0.984. The van der Waals surface area contributed by atoms with E-state index in [1.54, 1.807) is 0 Å². The second-order valence-corrected chi connectivity index (χ2v) is 5.16. The molecule has 1 aromatic carbocycles. The van der Waals surface area contributed by atoms with Crippen LogP contribution in [0.2, 0.25) is 0 Å². The fraction of sp³-hybridized carbons (Fsp3) is 0.167. The van der Waals surface area contributed by atoms with Crippen molar-refractivity contribution < 1.29 is 4.40 Å². The second kappa shape index (κ2) is 4.97. The molecular weight excluding hydrogens is 244 g/mol. The van der Waals surface area contributed by atoms with E-state index in [-0.39, 0.29) is 0 Å². The van der Waals surface area contributed by atoms with Crippen molar-refractivity contribution in [2.24, 2.45) is 0 Å². The number of fused-ring (bicyclic) bond motifs is 1. The molecule has 0 radical (unpaired) electrons. The molecule has 0 amide bonds. The molecule has 2 nitrogen and oxygen atoms in total. The summed E-state index contributed by atoms with van der Waals surface area (Å²) >= 11 is 0. The number of para-hydroxylation sites is 1. The summed E-state index contributed by atoms with van der Waals surface area (Å²) in [6.07, 6.45) is 4.25. The summed E-state index contributed by atoms with van der Waals surface area (Å²) in [4.78, 5) is 0. The molecule has 0 N–H and O–H groups in total. The van der Waals surface area contributed by atoms with E-state index in [0.29, 0.717) is 0 Å². The molecule has 2 heteroatoms. The molecule has 0 fully saturated rings. The van der Waals surface area contributed by atoms with Gasteiger partial charge in [-0.05, 0) is 26.3 Å². The number of aryl methyl sites for hydroxylation is 2. The van der Waals surface area contributed by atoms with Gasteiger partial charge in [-0.2, -0.15) is 4.40 Å². The lowest BCUT2D eigenvalue weighted by Crippen LogP contribution is -2.23. The van der Waals surface area contributed by atoms with Crippen LogP contribution in [0, 0.1) is 20.8 Å². The van der Waals surface area contributed by atoms with Gasteiger partial charge in [0.25, 0.3) is 0 Å². The molecule has 100 valence electrons. The third kappa shape index (κ3) is 2.14. The van der Waals surface area contributed by atoms with Crippen molar-refractivity contribution in [3.8, 4) is 0 Å². The standard InChI is InChI=1S/C18H18N2/c1-13-12-20-11-7-10-17(18(20)15(3)14(13)2)19-16-8-5-4-6-9-16/h4-12H,1-3H3. The monoisotopic (exact) mass is 262 g/mol. The van der Waals surface area contributed by atoms with Crippen molar-refractivity contribution in [3.63, 3.8) is 0 Å². The number of aromatic nitrogens is 1. The maximum atomic E-state index is 4.78. The predicted molar refractivity (Wildman–Crippen MR) is 82.9 cm³/mol. The summed E-state index contributed by atoms with van der Waals surface area (Å²) in [5, 5.41) is 4.78. The van der Waals surface area contributed by atoms with Crippen molar-refractivity contribution in [2.45, 2.75) is 20.8 Å². The van der Waals surface area contributed by atoms with Crippen LogP contribution in [-0.2, 0) is 0 Å². The largest absolute Gasteiger partial charge is 0.652 e. The molecule has 0 saturated heterocycles. The maximum absolute atomic E-state index is 4.78. The Labute approximate surface area is 119 Å². The highest BCUT2D eigenvalue weighted by molar-refractivity contribution is 5.81. The summed E-state index contributed by atoms with van der Waals surface area (Å²) in [6.45, 7) is 6.49. The molecule has 0 unspecified atom stereocenters. The Morgan fingerprint density at radius 1 is 0.850 bits per heavy atom. The Kier molecular flexibility index (Phi) is 3.15. The lowest BCUT2D eigenvalue weighted by molar-refractivity contribution is -0.512. The molecular formula is C18H18N2. The molecule has 0 saturated carbocycles. The van der Waals surface area contributed by atoms with Gasteiger partial charge in [0.05, 0.1) is 0 Å². The van der Waals surface area contributed by atoms with Crippen LogP contribution < -0.4 is 4.40 Å². The topological polar surface area (TPSA) is 18.2 Å². The molecule has 3 rings (SSSR count). The van der Waals surface area contributed by atoms with Crippen molar-refractivity contribution in [2.75, 3.05) is 0 Å². The molecule has 0 aliphatic rings. The number of benzene rings is 1. The normalized spacial score (nSPS) is 10.8. The fourth-order valence-electron chi connectivity index (χ4n) is 2.52. The summed E-state index contributed by atoms with van der Waals surface area (Å²) in [5.74, 6) is 0. The Balaban J connectivity index is 2.19. The summed E-state index contributed by atoms with van der Waals surface area (Å²) < 4.78 is 2.17. The van der Waals surface area contributed by atoms with Gasteiger partial charge in [0.1, 0.15) is 0 Å². The van der Waals surface area contributed by atoms with Gasteiger partial charge in [0.15, 0.2) is 17.9 Å². The summed E-state index contributed by atoms with van der Waals surface area (Å²) in [7, 11) is 0. The molecule has 20 heavy (non-hydrogen) atoms. The van der Waals surface area contributed by atoms with Crippen LogP contribution in [0.25, 0.3) is 10.8 Å². The van der Waals surface area contributed by atoms with Crippen LogP contribution in [0.1, 0.15) is 16.7 Å². The predicted octanol–water partition coefficient (Wildman–Crippen LogP) is 4.69. The van der Waals surface area contributed by atoms with E-state index >= 15 is 0 Å². The van der Waals surface area contributed by atoms with Gasteiger partial charge in [0.2, 0.25) is 0 Å². The molecule has 0 aliphatic carbocycles. The van der Waals surface area contributed by atoms with E-state index in [9.17, 15) is 0 Å². The molecule has 0 aliphatic heterocycles. The Morgan fingerprint density at radius 3 is 2.35 bits per heavy atom. The average Bonchev–Trinajstić information content (AvgIpc) is 2.46. The zero-order valence-corrected chi connectivity index (χ0v) is 12.1. The zero-order valence-electron chi connectivity index (χ0n) is 12.1. The Hall–Kier alpha value is -2.35. The number of hydrogen-bond donors (Lipinski definition) is 0. The van der Waals surface area contributed by atoms with Crippen LogP contribution in [0.3, 0.4) is 0 Å². The van der Waals surface area contributed by atoms with Crippen LogP contribution in [0.4, 0.5) is 11.4 Å². The van der Waals surface area contributed by atoms with Gasteiger partial charge >= 0.3 is 0 Å². The number of rotatable bonds is 2.